The van der Waals surface area contributed by atoms with E-state index >= 15 is 0 Å². The van der Waals surface area contributed by atoms with Crippen LogP contribution in [-0.4, -0.2) is 30.5 Å². The third-order valence-electron chi connectivity index (χ3n) is 2.03. The number of methoxy groups -OCH3 is 1. The van der Waals surface area contributed by atoms with Gasteiger partial charge in [0.05, 0.1) is 23.7 Å². The van der Waals surface area contributed by atoms with Crippen molar-refractivity contribution >= 4 is 17.6 Å². The van der Waals surface area contributed by atoms with Crippen molar-refractivity contribution in [2.75, 3.05) is 13.7 Å². The second-order valence-corrected chi connectivity index (χ2v) is 3.18. The molecule has 0 aliphatic rings. The molecule has 1 aromatic carbocycles. The summed E-state index contributed by atoms with van der Waals surface area (Å²) in [5.74, 6) is -2.58. The highest BCUT2D eigenvalue weighted by molar-refractivity contribution is 5.96. The summed E-state index contributed by atoms with van der Waals surface area (Å²) in [5, 5.41) is 12.5. The van der Waals surface area contributed by atoms with Crippen molar-refractivity contribution in [1.29, 1.82) is 0 Å². The van der Waals surface area contributed by atoms with Crippen molar-refractivity contribution in [3.63, 3.8) is 0 Å². The maximum atomic E-state index is 13.4. The number of nitrogens with zero attached hydrogens (tertiary/aromatic N) is 1. The molecular formula is C10H9FN2O5. The van der Waals surface area contributed by atoms with Crippen LogP contribution in [0, 0.1) is 15.9 Å². The zero-order chi connectivity index (χ0) is 13.7. The van der Waals surface area contributed by atoms with E-state index in [1.807, 2.05) is 0 Å². The average Bonchev–Trinajstić information content (AvgIpc) is 2.35. The first-order chi connectivity index (χ1) is 8.45. The van der Waals surface area contributed by atoms with E-state index in [4.69, 9.17) is 0 Å². The van der Waals surface area contributed by atoms with Crippen LogP contribution in [0.2, 0.25) is 0 Å². The summed E-state index contributed by atoms with van der Waals surface area (Å²) in [6.07, 6.45) is 0. The lowest BCUT2D eigenvalue weighted by molar-refractivity contribution is -0.385. The molecule has 18 heavy (non-hydrogen) atoms. The number of hydrogen-bond acceptors (Lipinski definition) is 5. The van der Waals surface area contributed by atoms with Crippen LogP contribution in [0.4, 0.5) is 10.1 Å². The number of nitrogens with one attached hydrogen (secondary N) is 1. The number of carbonyl (C=O) groups excluding carboxylic acids is 2. The van der Waals surface area contributed by atoms with Crippen molar-refractivity contribution in [3.05, 3.63) is 39.7 Å². The molecule has 0 heterocycles. The fraction of sp³-hybridized carbons (Fsp3) is 0.200. The molecule has 0 saturated carbocycles. The van der Waals surface area contributed by atoms with Crippen LogP contribution in [0.15, 0.2) is 18.2 Å². The van der Waals surface area contributed by atoms with Crippen molar-refractivity contribution in [1.82, 2.24) is 5.32 Å². The molecule has 0 radical (unpaired) electrons. The number of carbonyl (C=O) groups is 2. The van der Waals surface area contributed by atoms with E-state index < -0.39 is 34.8 Å². The van der Waals surface area contributed by atoms with Crippen LogP contribution in [0.25, 0.3) is 0 Å². The van der Waals surface area contributed by atoms with Crippen LogP contribution in [0.3, 0.4) is 0 Å². The third kappa shape index (κ3) is 3.24. The molecule has 0 aliphatic heterocycles. The lowest BCUT2D eigenvalue weighted by Crippen LogP contribution is -2.30. The van der Waals surface area contributed by atoms with Gasteiger partial charge in [0.1, 0.15) is 12.4 Å². The maximum Gasteiger partial charge on any atom is 0.325 e. The van der Waals surface area contributed by atoms with E-state index in [0.717, 1.165) is 19.2 Å². The first-order valence-corrected chi connectivity index (χ1v) is 4.74. The number of benzene rings is 1. The second kappa shape index (κ2) is 5.71. The Morgan fingerprint density at radius 1 is 1.50 bits per heavy atom. The van der Waals surface area contributed by atoms with Gasteiger partial charge in [-0.3, -0.25) is 19.7 Å². The molecule has 0 spiro atoms. The molecule has 1 rings (SSSR count). The fourth-order valence-electron chi connectivity index (χ4n) is 1.12. The summed E-state index contributed by atoms with van der Waals surface area (Å²) in [7, 11) is 1.14. The minimum atomic E-state index is -1.04. The van der Waals surface area contributed by atoms with Crippen LogP contribution in [0.5, 0.6) is 0 Å². The van der Waals surface area contributed by atoms with Gasteiger partial charge in [-0.25, -0.2) is 4.39 Å². The average molecular weight is 256 g/mol. The molecule has 0 saturated heterocycles. The van der Waals surface area contributed by atoms with Gasteiger partial charge in [-0.05, 0) is 6.07 Å². The molecule has 0 bridgehead atoms. The Labute approximate surface area is 101 Å². The Balaban J connectivity index is 2.81. The van der Waals surface area contributed by atoms with Crippen LogP contribution in [0.1, 0.15) is 10.4 Å². The van der Waals surface area contributed by atoms with Gasteiger partial charge in [-0.1, -0.05) is 0 Å². The van der Waals surface area contributed by atoms with Gasteiger partial charge in [0.2, 0.25) is 0 Å². The number of hydrogen-bond donors (Lipinski definition) is 1. The zero-order valence-electron chi connectivity index (χ0n) is 9.31. The van der Waals surface area contributed by atoms with E-state index in [9.17, 15) is 24.1 Å². The largest absolute Gasteiger partial charge is 0.468 e. The Hall–Kier alpha value is -2.51. The number of nitro groups is 1. The summed E-state index contributed by atoms with van der Waals surface area (Å²) >= 11 is 0. The smallest absolute Gasteiger partial charge is 0.325 e. The molecule has 1 amide bonds. The second-order valence-electron chi connectivity index (χ2n) is 3.18. The summed E-state index contributed by atoms with van der Waals surface area (Å²) in [5.41, 5.74) is -0.846. The first kappa shape index (κ1) is 13.6. The SMILES string of the molecule is COC(=O)CNC(=O)c1ccc([N+](=O)[O-])cc1F. The molecule has 8 heteroatoms. The summed E-state index contributed by atoms with van der Waals surface area (Å²) in [6.45, 7) is -0.411. The number of amides is 1. The van der Waals surface area contributed by atoms with E-state index in [-0.39, 0.29) is 5.56 Å². The molecule has 0 fully saturated rings. The molecule has 0 unspecified atom stereocenters. The topological polar surface area (TPSA) is 98.5 Å². The lowest BCUT2D eigenvalue weighted by Gasteiger charge is -2.04. The molecule has 96 valence electrons. The maximum absolute atomic E-state index is 13.4. The highest BCUT2D eigenvalue weighted by atomic mass is 19.1. The zero-order valence-corrected chi connectivity index (χ0v) is 9.31. The molecule has 0 atom stereocenters. The number of nitro benzene ring substituents is 1. The van der Waals surface area contributed by atoms with Crippen LogP contribution in [-0.2, 0) is 9.53 Å². The van der Waals surface area contributed by atoms with Gasteiger partial charge in [0, 0.05) is 6.07 Å². The molecule has 1 aromatic rings. The monoisotopic (exact) mass is 256 g/mol. The normalized spacial score (nSPS) is 9.67. The number of non-ortho nitro benzene ring substituents is 1. The summed E-state index contributed by atoms with van der Waals surface area (Å²) < 4.78 is 17.7. The minimum absolute atomic E-state index is 0.385. The third-order valence-corrected chi connectivity index (χ3v) is 2.03. The van der Waals surface area contributed by atoms with Gasteiger partial charge < -0.3 is 10.1 Å². The van der Waals surface area contributed by atoms with Crippen molar-refractivity contribution < 1.29 is 23.6 Å². The first-order valence-electron chi connectivity index (χ1n) is 4.74. The Morgan fingerprint density at radius 3 is 2.67 bits per heavy atom. The highest BCUT2D eigenvalue weighted by Crippen LogP contribution is 2.16. The van der Waals surface area contributed by atoms with Gasteiger partial charge in [-0.2, -0.15) is 0 Å². The summed E-state index contributed by atoms with van der Waals surface area (Å²) in [4.78, 5) is 31.8. The van der Waals surface area contributed by atoms with Crippen molar-refractivity contribution in [3.8, 4) is 0 Å². The van der Waals surface area contributed by atoms with Gasteiger partial charge in [0.25, 0.3) is 11.6 Å². The molecule has 7 nitrogen and oxygen atoms in total. The summed E-state index contributed by atoms with van der Waals surface area (Å²) in [6, 6.07) is 2.60. The van der Waals surface area contributed by atoms with E-state index in [1.165, 1.54) is 0 Å². The predicted octanol–water partition coefficient (Wildman–Crippen LogP) is 0.637. The predicted molar refractivity (Wildman–Crippen MR) is 57.4 cm³/mol. The van der Waals surface area contributed by atoms with E-state index in [2.05, 4.69) is 10.1 Å². The molecular weight excluding hydrogens is 247 g/mol. The van der Waals surface area contributed by atoms with Crippen LogP contribution < -0.4 is 5.32 Å². The quantitative estimate of drug-likeness (QED) is 0.484. The van der Waals surface area contributed by atoms with Crippen molar-refractivity contribution in [2.24, 2.45) is 0 Å². The Morgan fingerprint density at radius 2 is 2.17 bits per heavy atom. The van der Waals surface area contributed by atoms with Crippen LogP contribution >= 0.6 is 0 Å². The van der Waals surface area contributed by atoms with E-state index in [0.29, 0.717) is 6.07 Å². The standard InChI is InChI=1S/C10H9FN2O5/c1-18-9(14)5-12-10(15)7-3-2-6(13(16)17)4-8(7)11/h2-4H,5H2,1H3,(H,12,15). The number of rotatable bonds is 4. The van der Waals surface area contributed by atoms with Gasteiger partial charge in [0.15, 0.2) is 0 Å². The highest BCUT2D eigenvalue weighted by Gasteiger charge is 2.16. The van der Waals surface area contributed by atoms with Gasteiger partial charge >= 0.3 is 5.97 Å². The fourth-order valence-corrected chi connectivity index (χ4v) is 1.12. The molecule has 1 N–H and O–H groups in total. The van der Waals surface area contributed by atoms with E-state index in [1.54, 1.807) is 0 Å². The lowest BCUT2D eigenvalue weighted by atomic mass is 10.2. The number of halogens is 1. The van der Waals surface area contributed by atoms with Crippen molar-refractivity contribution in [2.45, 2.75) is 0 Å². The Kier molecular flexibility index (Phi) is 4.30. The number of ether oxygens (including phenoxy) is 1. The number of esters is 1. The Bertz CT molecular complexity index is 503. The van der Waals surface area contributed by atoms with Gasteiger partial charge in [-0.15, -0.1) is 0 Å². The minimum Gasteiger partial charge on any atom is -0.468 e. The molecule has 0 aliphatic carbocycles. The molecule has 0 aromatic heterocycles.